The first kappa shape index (κ1) is 20.4. The number of carbonyl (C=O) groups excluding carboxylic acids is 1. The van der Waals surface area contributed by atoms with Crippen LogP contribution in [0.3, 0.4) is 0 Å². The summed E-state index contributed by atoms with van der Waals surface area (Å²) < 4.78 is 0. The molecule has 0 N–H and O–H groups in total. The van der Waals surface area contributed by atoms with Gasteiger partial charge in [0.1, 0.15) is 11.5 Å². The highest BCUT2D eigenvalue weighted by Crippen LogP contribution is 2.29. The smallest absolute Gasteiger partial charge is 0.282 e. The van der Waals surface area contributed by atoms with Gasteiger partial charge in [-0.15, -0.1) is 0 Å². The van der Waals surface area contributed by atoms with Crippen molar-refractivity contribution in [2.45, 2.75) is 0 Å². The molecule has 0 aliphatic carbocycles. The molecule has 31 heavy (non-hydrogen) atoms. The standard InChI is InChI=1S/C26H26N4O/c1-28(2)21-12-10-19(11-13-21)18-24-26(31)30(23-16-14-22(15-17-23)29(3)4)25(27-24)20-8-6-5-7-9-20/h5-18H,1-4H3/b24-18-. The molecule has 3 aromatic rings. The molecule has 0 radical (unpaired) electrons. The molecule has 5 heteroatoms. The molecule has 1 heterocycles. The van der Waals surface area contributed by atoms with E-state index in [-0.39, 0.29) is 5.91 Å². The number of anilines is 3. The van der Waals surface area contributed by atoms with Crippen molar-refractivity contribution in [2.24, 2.45) is 4.99 Å². The van der Waals surface area contributed by atoms with Crippen LogP contribution in [0.1, 0.15) is 11.1 Å². The Kier molecular flexibility index (Phi) is 5.58. The van der Waals surface area contributed by atoms with Crippen LogP contribution in [0.25, 0.3) is 6.08 Å². The van der Waals surface area contributed by atoms with Gasteiger partial charge >= 0.3 is 0 Å². The predicted octanol–water partition coefficient (Wildman–Crippen LogP) is 4.65. The van der Waals surface area contributed by atoms with Gasteiger partial charge in [-0.1, -0.05) is 42.5 Å². The van der Waals surface area contributed by atoms with Gasteiger partial charge in [-0.3, -0.25) is 9.69 Å². The van der Waals surface area contributed by atoms with E-state index in [1.807, 2.05) is 123 Å². The maximum Gasteiger partial charge on any atom is 0.282 e. The molecule has 4 rings (SSSR count). The van der Waals surface area contributed by atoms with E-state index in [2.05, 4.69) is 0 Å². The van der Waals surface area contributed by atoms with Gasteiger partial charge in [0.05, 0.1) is 5.69 Å². The van der Waals surface area contributed by atoms with Gasteiger partial charge in [-0.2, -0.15) is 0 Å². The molecule has 1 aliphatic rings. The van der Waals surface area contributed by atoms with E-state index in [0.29, 0.717) is 11.5 Å². The Labute approximate surface area is 183 Å². The van der Waals surface area contributed by atoms with Crippen molar-refractivity contribution in [2.75, 3.05) is 42.9 Å². The minimum absolute atomic E-state index is 0.131. The van der Waals surface area contributed by atoms with Crippen LogP contribution in [0.2, 0.25) is 0 Å². The van der Waals surface area contributed by atoms with Crippen molar-refractivity contribution >= 4 is 34.9 Å². The summed E-state index contributed by atoms with van der Waals surface area (Å²) in [5.74, 6) is 0.507. The lowest BCUT2D eigenvalue weighted by Crippen LogP contribution is -2.32. The molecule has 0 atom stereocenters. The molecule has 3 aromatic carbocycles. The predicted molar refractivity (Wildman–Crippen MR) is 130 cm³/mol. The zero-order valence-corrected chi connectivity index (χ0v) is 18.3. The van der Waals surface area contributed by atoms with Crippen molar-refractivity contribution in [3.8, 4) is 0 Å². The van der Waals surface area contributed by atoms with Crippen LogP contribution in [0, 0.1) is 0 Å². The molecular formula is C26H26N4O. The number of benzene rings is 3. The lowest BCUT2D eigenvalue weighted by atomic mass is 10.1. The topological polar surface area (TPSA) is 39.1 Å². The fraction of sp³-hybridized carbons (Fsp3) is 0.154. The van der Waals surface area contributed by atoms with E-state index in [0.717, 1.165) is 28.2 Å². The van der Waals surface area contributed by atoms with Gasteiger partial charge in [0, 0.05) is 45.1 Å². The Bertz CT molecular complexity index is 1130. The van der Waals surface area contributed by atoms with Crippen molar-refractivity contribution in [3.63, 3.8) is 0 Å². The Morgan fingerprint density at radius 3 is 1.84 bits per heavy atom. The first-order valence-electron chi connectivity index (χ1n) is 10.2. The van der Waals surface area contributed by atoms with Crippen LogP contribution in [0.5, 0.6) is 0 Å². The number of hydrogen-bond acceptors (Lipinski definition) is 4. The van der Waals surface area contributed by atoms with Gasteiger partial charge in [0.25, 0.3) is 5.91 Å². The molecular weight excluding hydrogens is 384 g/mol. The van der Waals surface area contributed by atoms with Gasteiger partial charge in [-0.25, -0.2) is 4.99 Å². The normalized spacial score (nSPS) is 14.7. The van der Waals surface area contributed by atoms with Crippen molar-refractivity contribution in [3.05, 3.63) is 95.7 Å². The number of amidine groups is 1. The Balaban J connectivity index is 1.74. The second-order valence-corrected chi connectivity index (χ2v) is 7.87. The summed E-state index contributed by atoms with van der Waals surface area (Å²) in [6.07, 6.45) is 1.85. The number of amides is 1. The highest BCUT2D eigenvalue weighted by atomic mass is 16.2. The molecule has 0 saturated heterocycles. The minimum atomic E-state index is -0.131. The fourth-order valence-electron chi connectivity index (χ4n) is 3.46. The molecule has 156 valence electrons. The zero-order chi connectivity index (χ0) is 22.0. The molecule has 0 fully saturated rings. The second-order valence-electron chi connectivity index (χ2n) is 7.87. The summed E-state index contributed by atoms with van der Waals surface area (Å²) in [7, 11) is 8.00. The molecule has 1 aliphatic heterocycles. The number of carbonyl (C=O) groups is 1. The van der Waals surface area contributed by atoms with Crippen LogP contribution >= 0.6 is 0 Å². The molecule has 1 amide bonds. The molecule has 0 bridgehead atoms. The van der Waals surface area contributed by atoms with Crippen LogP contribution in [0.4, 0.5) is 17.1 Å². The maximum atomic E-state index is 13.4. The Morgan fingerprint density at radius 1 is 0.742 bits per heavy atom. The average molecular weight is 411 g/mol. The largest absolute Gasteiger partial charge is 0.378 e. The zero-order valence-electron chi connectivity index (χ0n) is 18.3. The maximum absolute atomic E-state index is 13.4. The van der Waals surface area contributed by atoms with E-state index in [4.69, 9.17) is 4.99 Å². The summed E-state index contributed by atoms with van der Waals surface area (Å²) in [6, 6.07) is 25.8. The molecule has 0 aromatic heterocycles. The van der Waals surface area contributed by atoms with Crippen molar-refractivity contribution in [1.82, 2.24) is 0 Å². The summed E-state index contributed by atoms with van der Waals surface area (Å²) in [5, 5.41) is 0. The second kappa shape index (κ2) is 8.48. The highest BCUT2D eigenvalue weighted by molar-refractivity contribution is 6.33. The lowest BCUT2D eigenvalue weighted by Gasteiger charge is -2.20. The van der Waals surface area contributed by atoms with E-state index in [1.165, 1.54) is 0 Å². The third-order valence-electron chi connectivity index (χ3n) is 5.23. The first-order chi connectivity index (χ1) is 14.9. The van der Waals surface area contributed by atoms with Crippen molar-refractivity contribution in [1.29, 1.82) is 0 Å². The third-order valence-corrected chi connectivity index (χ3v) is 5.23. The summed E-state index contributed by atoms with van der Waals surface area (Å²) in [5.41, 5.74) is 5.24. The molecule has 0 unspecified atom stereocenters. The van der Waals surface area contributed by atoms with Crippen molar-refractivity contribution < 1.29 is 4.79 Å². The SMILES string of the molecule is CN(C)c1ccc(/C=C2\N=C(c3ccccc3)N(c3ccc(N(C)C)cc3)C2=O)cc1. The van der Waals surface area contributed by atoms with Gasteiger partial charge < -0.3 is 9.80 Å². The number of nitrogens with zero attached hydrogens (tertiary/aromatic N) is 4. The average Bonchev–Trinajstić information content (AvgIpc) is 3.10. The highest BCUT2D eigenvalue weighted by Gasteiger charge is 2.32. The Morgan fingerprint density at radius 2 is 1.29 bits per heavy atom. The van der Waals surface area contributed by atoms with E-state index in [9.17, 15) is 4.79 Å². The first-order valence-corrected chi connectivity index (χ1v) is 10.2. The summed E-state index contributed by atoms with van der Waals surface area (Å²) >= 11 is 0. The summed E-state index contributed by atoms with van der Waals surface area (Å²) in [4.78, 5) is 23.9. The Hall–Kier alpha value is -3.86. The van der Waals surface area contributed by atoms with E-state index >= 15 is 0 Å². The van der Waals surface area contributed by atoms with E-state index in [1.54, 1.807) is 4.90 Å². The third kappa shape index (κ3) is 4.21. The molecule has 0 spiro atoms. The van der Waals surface area contributed by atoms with Crippen LogP contribution in [0.15, 0.2) is 89.6 Å². The summed E-state index contributed by atoms with van der Waals surface area (Å²) in [6.45, 7) is 0. The minimum Gasteiger partial charge on any atom is -0.378 e. The van der Waals surface area contributed by atoms with E-state index < -0.39 is 0 Å². The van der Waals surface area contributed by atoms with Crippen LogP contribution in [-0.4, -0.2) is 39.9 Å². The number of rotatable bonds is 5. The number of aliphatic imine (C=N–C) groups is 1. The van der Waals surface area contributed by atoms with Crippen LogP contribution in [-0.2, 0) is 4.79 Å². The van der Waals surface area contributed by atoms with Crippen LogP contribution < -0.4 is 14.7 Å². The monoisotopic (exact) mass is 410 g/mol. The van der Waals surface area contributed by atoms with Gasteiger partial charge in [0.2, 0.25) is 0 Å². The quantitative estimate of drug-likeness (QED) is 0.575. The van der Waals surface area contributed by atoms with Gasteiger partial charge in [0.15, 0.2) is 0 Å². The lowest BCUT2D eigenvalue weighted by molar-refractivity contribution is -0.113. The fourth-order valence-corrected chi connectivity index (χ4v) is 3.46. The molecule has 0 saturated carbocycles. The number of hydrogen-bond donors (Lipinski definition) is 0. The van der Waals surface area contributed by atoms with Gasteiger partial charge in [-0.05, 0) is 48.0 Å². The molecule has 5 nitrogen and oxygen atoms in total.